The van der Waals surface area contributed by atoms with Crippen LogP contribution in [0.2, 0.25) is 0 Å². The van der Waals surface area contributed by atoms with Crippen LogP contribution in [-0.4, -0.2) is 0 Å². The average Bonchev–Trinajstić information content (AvgIpc) is 2.23. The molecular weight excluding hydrogens is 168 g/mol. The molecule has 0 nitrogen and oxygen atoms in total. The van der Waals surface area contributed by atoms with E-state index in [1.54, 1.807) is 0 Å². The van der Waals surface area contributed by atoms with E-state index in [2.05, 4.69) is 61.6 Å². The van der Waals surface area contributed by atoms with Gasteiger partial charge in [0.25, 0.3) is 0 Å². The summed E-state index contributed by atoms with van der Waals surface area (Å²) in [6.45, 7) is 2.22. The number of benzene rings is 1. The van der Waals surface area contributed by atoms with Crippen molar-refractivity contribution in [2.24, 2.45) is 5.92 Å². The Morgan fingerprint density at radius 3 is 2.57 bits per heavy atom. The van der Waals surface area contributed by atoms with E-state index in [1.165, 1.54) is 11.1 Å². The first kappa shape index (κ1) is 9.01. The zero-order chi connectivity index (χ0) is 9.80. The molecule has 0 amide bonds. The molecule has 0 saturated heterocycles. The molecule has 14 heavy (non-hydrogen) atoms. The van der Waals surface area contributed by atoms with Crippen molar-refractivity contribution in [2.75, 3.05) is 0 Å². The topological polar surface area (TPSA) is 0 Å². The van der Waals surface area contributed by atoms with E-state index in [9.17, 15) is 0 Å². The van der Waals surface area contributed by atoms with Crippen LogP contribution < -0.4 is 0 Å². The fourth-order valence-corrected chi connectivity index (χ4v) is 1.58. The van der Waals surface area contributed by atoms with Crippen molar-refractivity contribution in [3.05, 3.63) is 65.8 Å². The smallest absolute Gasteiger partial charge is 0.000711 e. The van der Waals surface area contributed by atoms with Crippen molar-refractivity contribution >= 4 is 6.08 Å². The molecule has 0 heteroatoms. The normalized spacial score (nSPS) is 22.9. The van der Waals surface area contributed by atoms with Crippen LogP contribution in [0.1, 0.15) is 12.5 Å². The predicted molar refractivity (Wildman–Crippen MR) is 61.9 cm³/mol. The standard InChI is InChI=1S/C14H14/c1-12-7-5-6-10-14(12)11-13-8-3-2-4-9-13/h2-12H,1H3. The summed E-state index contributed by atoms with van der Waals surface area (Å²) in [5.41, 5.74) is 2.65. The third kappa shape index (κ3) is 2.02. The van der Waals surface area contributed by atoms with Crippen molar-refractivity contribution < 1.29 is 0 Å². The summed E-state index contributed by atoms with van der Waals surface area (Å²) in [5, 5.41) is 0. The molecule has 1 aliphatic rings. The van der Waals surface area contributed by atoms with Gasteiger partial charge in [-0.2, -0.15) is 0 Å². The van der Waals surface area contributed by atoms with Gasteiger partial charge < -0.3 is 0 Å². The predicted octanol–water partition coefficient (Wildman–Crippen LogP) is 3.83. The van der Waals surface area contributed by atoms with E-state index in [0.29, 0.717) is 5.92 Å². The summed E-state index contributed by atoms with van der Waals surface area (Å²) in [7, 11) is 0. The highest BCUT2D eigenvalue weighted by atomic mass is 14.1. The monoisotopic (exact) mass is 182 g/mol. The van der Waals surface area contributed by atoms with E-state index in [-0.39, 0.29) is 0 Å². The molecule has 1 aliphatic carbocycles. The number of hydrogen-bond donors (Lipinski definition) is 0. The van der Waals surface area contributed by atoms with Crippen LogP contribution in [0, 0.1) is 5.92 Å². The van der Waals surface area contributed by atoms with Gasteiger partial charge >= 0.3 is 0 Å². The Hall–Kier alpha value is -1.56. The minimum atomic E-state index is 0.528. The summed E-state index contributed by atoms with van der Waals surface area (Å²) in [6, 6.07) is 10.4. The van der Waals surface area contributed by atoms with Gasteiger partial charge in [-0.05, 0) is 17.1 Å². The quantitative estimate of drug-likeness (QED) is 0.619. The molecule has 2 rings (SSSR count). The molecule has 0 aromatic heterocycles. The van der Waals surface area contributed by atoms with Crippen molar-refractivity contribution in [2.45, 2.75) is 6.92 Å². The molecular formula is C14H14. The third-order valence-corrected chi connectivity index (χ3v) is 2.46. The second-order valence-electron chi connectivity index (χ2n) is 3.59. The summed E-state index contributed by atoms with van der Waals surface area (Å²) < 4.78 is 0. The molecule has 1 aromatic rings. The van der Waals surface area contributed by atoms with E-state index in [1.807, 2.05) is 6.07 Å². The first-order valence-electron chi connectivity index (χ1n) is 4.98. The molecule has 1 aromatic carbocycles. The highest BCUT2D eigenvalue weighted by Crippen LogP contribution is 2.20. The largest absolute Gasteiger partial charge is 0.0773 e. The number of allylic oxidation sites excluding steroid dienone is 5. The van der Waals surface area contributed by atoms with Crippen LogP contribution in [0.25, 0.3) is 6.08 Å². The van der Waals surface area contributed by atoms with E-state index in [0.717, 1.165) is 0 Å². The Balaban J connectivity index is 2.27. The van der Waals surface area contributed by atoms with Gasteiger partial charge in [0.05, 0.1) is 0 Å². The molecule has 1 atom stereocenters. The SMILES string of the molecule is CC1C=CC=CC1=Cc1ccccc1. The molecule has 0 bridgehead atoms. The molecule has 0 fully saturated rings. The highest BCUT2D eigenvalue weighted by molar-refractivity contribution is 5.58. The molecule has 0 N–H and O–H groups in total. The molecule has 0 heterocycles. The van der Waals surface area contributed by atoms with Crippen molar-refractivity contribution in [1.82, 2.24) is 0 Å². The first-order valence-corrected chi connectivity index (χ1v) is 4.98. The van der Waals surface area contributed by atoms with Gasteiger partial charge in [-0.15, -0.1) is 0 Å². The van der Waals surface area contributed by atoms with Gasteiger partial charge in [0.2, 0.25) is 0 Å². The zero-order valence-electron chi connectivity index (χ0n) is 8.35. The average molecular weight is 182 g/mol. The van der Waals surface area contributed by atoms with Gasteiger partial charge in [-0.3, -0.25) is 0 Å². The Bertz CT molecular complexity index is 380. The Morgan fingerprint density at radius 1 is 1.07 bits per heavy atom. The van der Waals surface area contributed by atoms with E-state index >= 15 is 0 Å². The van der Waals surface area contributed by atoms with Crippen LogP contribution in [0.4, 0.5) is 0 Å². The molecule has 1 unspecified atom stereocenters. The molecule has 0 aliphatic heterocycles. The highest BCUT2D eigenvalue weighted by Gasteiger charge is 2.04. The maximum absolute atomic E-state index is 2.24. The first-order chi connectivity index (χ1) is 6.86. The summed E-state index contributed by atoms with van der Waals surface area (Å²) >= 11 is 0. The summed E-state index contributed by atoms with van der Waals surface area (Å²) in [6.07, 6.45) is 10.8. The van der Waals surface area contributed by atoms with Gasteiger partial charge in [0.1, 0.15) is 0 Å². The lowest BCUT2D eigenvalue weighted by Crippen LogP contribution is -1.95. The maximum atomic E-state index is 2.24. The fourth-order valence-electron chi connectivity index (χ4n) is 1.58. The second kappa shape index (κ2) is 4.10. The van der Waals surface area contributed by atoms with Crippen molar-refractivity contribution in [3.8, 4) is 0 Å². The number of hydrogen-bond acceptors (Lipinski definition) is 0. The molecule has 70 valence electrons. The van der Waals surface area contributed by atoms with E-state index < -0.39 is 0 Å². The van der Waals surface area contributed by atoms with Crippen LogP contribution in [-0.2, 0) is 0 Å². The maximum Gasteiger partial charge on any atom is -0.000711 e. The lowest BCUT2D eigenvalue weighted by atomic mass is 9.95. The summed E-state index contributed by atoms with van der Waals surface area (Å²) in [5.74, 6) is 0.528. The Kier molecular flexibility index (Phi) is 2.64. The van der Waals surface area contributed by atoms with Gasteiger partial charge in [0, 0.05) is 0 Å². The van der Waals surface area contributed by atoms with Crippen LogP contribution in [0.3, 0.4) is 0 Å². The lowest BCUT2D eigenvalue weighted by Gasteiger charge is -2.11. The van der Waals surface area contributed by atoms with Gasteiger partial charge in [-0.25, -0.2) is 0 Å². The van der Waals surface area contributed by atoms with Gasteiger partial charge in [0.15, 0.2) is 0 Å². The van der Waals surface area contributed by atoms with Crippen molar-refractivity contribution in [1.29, 1.82) is 0 Å². The minimum absolute atomic E-state index is 0.528. The molecule has 0 radical (unpaired) electrons. The number of rotatable bonds is 1. The lowest BCUT2D eigenvalue weighted by molar-refractivity contribution is 0.891. The summed E-state index contributed by atoms with van der Waals surface area (Å²) in [4.78, 5) is 0. The van der Waals surface area contributed by atoms with Gasteiger partial charge in [-0.1, -0.05) is 67.6 Å². The van der Waals surface area contributed by atoms with Crippen LogP contribution >= 0.6 is 0 Å². The van der Waals surface area contributed by atoms with Crippen LogP contribution in [0.15, 0.2) is 60.2 Å². The fraction of sp³-hybridized carbons (Fsp3) is 0.143. The zero-order valence-corrected chi connectivity index (χ0v) is 8.35. The van der Waals surface area contributed by atoms with Crippen LogP contribution in [0.5, 0.6) is 0 Å². The Labute approximate surface area is 85.3 Å². The Morgan fingerprint density at radius 2 is 1.86 bits per heavy atom. The minimum Gasteiger partial charge on any atom is -0.0773 e. The van der Waals surface area contributed by atoms with Crippen molar-refractivity contribution in [3.63, 3.8) is 0 Å². The molecule has 0 spiro atoms. The molecule has 0 saturated carbocycles. The second-order valence-corrected chi connectivity index (χ2v) is 3.59. The third-order valence-electron chi connectivity index (χ3n) is 2.46. The van der Waals surface area contributed by atoms with E-state index in [4.69, 9.17) is 0 Å².